The molecule has 3 nitrogen and oxygen atoms in total. The van der Waals surface area contributed by atoms with E-state index in [0.717, 1.165) is 33.5 Å². The van der Waals surface area contributed by atoms with Gasteiger partial charge in [0.15, 0.2) is 6.61 Å². The number of halogens is 1. The average Bonchev–Trinajstić information content (AvgIpc) is 2.48. The topological polar surface area (TPSA) is 38.3 Å². The summed E-state index contributed by atoms with van der Waals surface area (Å²) in [5.41, 5.74) is 2.93. The van der Waals surface area contributed by atoms with Gasteiger partial charge < -0.3 is 10.1 Å². The SMILES string of the molecule is CCc1cc(Br)ccc1OCC(=O)Nc1ccccc1C. The molecule has 0 fully saturated rings. The highest BCUT2D eigenvalue weighted by atomic mass is 79.9. The highest BCUT2D eigenvalue weighted by Gasteiger charge is 2.08. The van der Waals surface area contributed by atoms with Crippen LogP contribution in [0.25, 0.3) is 0 Å². The maximum Gasteiger partial charge on any atom is 0.262 e. The third-order valence-corrected chi connectivity index (χ3v) is 3.67. The van der Waals surface area contributed by atoms with Gasteiger partial charge in [0.1, 0.15) is 5.75 Å². The third-order valence-electron chi connectivity index (χ3n) is 3.18. The zero-order valence-electron chi connectivity index (χ0n) is 12.2. The van der Waals surface area contributed by atoms with E-state index in [1.54, 1.807) is 0 Å². The van der Waals surface area contributed by atoms with E-state index in [2.05, 4.69) is 28.2 Å². The molecule has 0 bridgehead atoms. The van der Waals surface area contributed by atoms with Crippen LogP contribution in [-0.4, -0.2) is 12.5 Å². The van der Waals surface area contributed by atoms with E-state index < -0.39 is 0 Å². The standard InChI is InChI=1S/C17H18BrNO2/c1-3-13-10-14(18)8-9-16(13)21-11-17(20)19-15-7-5-4-6-12(15)2/h4-10H,3,11H2,1-2H3,(H,19,20). The van der Waals surface area contributed by atoms with Crippen LogP contribution >= 0.6 is 15.9 Å². The molecule has 2 rings (SSSR count). The molecular formula is C17H18BrNO2. The summed E-state index contributed by atoms with van der Waals surface area (Å²) in [6, 6.07) is 13.5. The van der Waals surface area contributed by atoms with Crippen LogP contribution in [0.4, 0.5) is 5.69 Å². The normalized spacial score (nSPS) is 10.2. The van der Waals surface area contributed by atoms with Gasteiger partial charge in [-0.15, -0.1) is 0 Å². The lowest BCUT2D eigenvalue weighted by Crippen LogP contribution is -2.21. The average molecular weight is 348 g/mol. The van der Waals surface area contributed by atoms with Crippen molar-refractivity contribution in [3.8, 4) is 5.75 Å². The number of amides is 1. The summed E-state index contributed by atoms with van der Waals surface area (Å²) in [6.45, 7) is 4.02. The number of carbonyl (C=O) groups excluding carboxylic acids is 1. The number of ether oxygens (including phenoxy) is 1. The fourth-order valence-corrected chi connectivity index (χ4v) is 2.42. The Morgan fingerprint density at radius 1 is 1.24 bits per heavy atom. The van der Waals surface area contributed by atoms with Gasteiger partial charge in [0.25, 0.3) is 5.91 Å². The van der Waals surface area contributed by atoms with Gasteiger partial charge in [0, 0.05) is 10.2 Å². The van der Waals surface area contributed by atoms with Crippen LogP contribution in [0.15, 0.2) is 46.9 Å². The smallest absolute Gasteiger partial charge is 0.262 e. The van der Waals surface area contributed by atoms with Gasteiger partial charge in [-0.1, -0.05) is 41.1 Å². The number of nitrogens with one attached hydrogen (secondary N) is 1. The summed E-state index contributed by atoms with van der Waals surface area (Å²) in [7, 11) is 0. The minimum Gasteiger partial charge on any atom is -0.483 e. The van der Waals surface area contributed by atoms with Crippen molar-refractivity contribution in [3.05, 3.63) is 58.1 Å². The van der Waals surface area contributed by atoms with Crippen LogP contribution in [0.5, 0.6) is 5.75 Å². The van der Waals surface area contributed by atoms with Gasteiger partial charge in [-0.3, -0.25) is 4.79 Å². The highest BCUT2D eigenvalue weighted by Crippen LogP contribution is 2.23. The Labute approximate surface area is 133 Å². The molecule has 0 aliphatic carbocycles. The summed E-state index contributed by atoms with van der Waals surface area (Å²) in [4.78, 5) is 12.0. The maximum absolute atomic E-state index is 12.0. The summed E-state index contributed by atoms with van der Waals surface area (Å²) >= 11 is 3.43. The first-order valence-electron chi connectivity index (χ1n) is 6.87. The van der Waals surface area contributed by atoms with E-state index >= 15 is 0 Å². The van der Waals surface area contributed by atoms with Crippen molar-refractivity contribution in [3.63, 3.8) is 0 Å². The molecule has 2 aromatic carbocycles. The lowest BCUT2D eigenvalue weighted by atomic mass is 10.1. The second-order valence-corrected chi connectivity index (χ2v) is 5.67. The summed E-state index contributed by atoms with van der Waals surface area (Å²) < 4.78 is 6.63. The number of carbonyl (C=O) groups is 1. The zero-order valence-corrected chi connectivity index (χ0v) is 13.7. The molecule has 0 spiro atoms. The monoisotopic (exact) mass is 347 g/mol. The number of anilines is 1. The first-order valence-corrected chi connectivity index (χ1v) is 7.66. The Hall–Kier alpha value is -1.81. The molecule has 0 aliphatic rings. The van der Waals surface area contributed by atoms with Gasteiger partial charge in [-0.05, 0) is 48.7 Å². The molecule has 0 atom stereocenters. The summed E-state index contributed by atoms with van der Waals surface area (Å²) in [6.07, 6.45) is 0.855. The predicted octanol–water partition coefficient (Wildman–Crippen LogP) is 4.34. The molecular weight excluding hydrogens is 330 g/mol. The van der Waals surface area contributed by atoms with Gasteiger partial charge in [-0.25, -0.2) is 0 Å². The van der Waals surface area contributed by atoms with Gasteiger partial charge in [0.2, 0.25) is 0 Å². The Morgan fingerprint density at radius 3 is 2.71 bits per heavy atom. The fourth-order valence-electron chi connectivity index (χ4n) is 2.01. The Balaban J connectivity index is 1.97. The first kappa shape index (κ1) is 15.6. The quantitative estimate of drug-likeness (QED) is 0.873. The van der Waals surface area contributed by atoms with Crippen molar-refractivity contribution >= 4 is 27.5 Å². The first-order chi connectivity index (χ1) is 10.1. The van der Waals surface area contributed by atoms with E-state index in [1.165, 1.54) is 0 Å². The number of aryl methyl sites for hydroxylation is 2. The highest BCUT2D eigenvalue weighted by molar-refractivity contribution is 9.10. The number of para-hydroxylation sites is 1. The number of benzene rings is 2. The van der Waals surface area contributed by atoms with Crippen LogP contribution in [0.1, 0.15) is 18.1 Å². The molecule has 0 saturated heterocycles. The molecule has 0 aromatic heterocycles. The Kier molecular flexibility index (Phi) is 5.39. The molecule has 21 heavy (non-hydrogen) atoms. The number of hydrogen-bond donors (Lipinski definition) is 1. The second kappa shape index (κ2) is 7.27. The maximum atomic E-state index is 12.0. The van der Waals surface area contributed by atoms with Crippen molar-refractivity contribution in [2.75, 3.05) is 11.9 Å². The molecule has 2 aromatic rings. The Bertz CT molecular complexity index is 640. The Morgan fingerprint density at radius 2 is 2.00 bits per heavy atom. The van der Waals surface area contributed by atoms with E-state index in [-0.39, 0.29) is 12.5 Å². The molecule has 0 heterocycles. The van der Waals surface area contributed by atoms with Crippen molar-refractivity contribution in [2.24, 2.45) is 0 Å². The minimum absolute atomic E-state index is 0.00294. The van der Waals surface area contributed by atoms with E-state index in [4.69, 9.17) is 4.74 Å². The van der Waals surface area contributed by atoms with Crippen LogP contribution in [0, 0.1) is 6.92 Å². The predicted molar refractivity (Wildman–Crippen MR) is 88.8 cm³/mol. The summed E-state index contributed by atoms with van der Waals surface area (Å²) in [5, 5.41) is 2.86. The van der Waals surface area contributed by atoms with Crippen LogP contribution in [0.3, 0.4) is 0 Å². The lowest BCUT2D eigenvalue weighted by Gasteiger charge is -2.12. The van der Waals surface area contributed by atoms with Crippen molar-refractivity contribution < 1.29 is 9.53 Å². The molecule has 0 radical (unpaired) electrons. The van der Waals surface area contributed by atoms with Crippen LogP contribution in [0.2, 0.25) is 0 Å². The molecule has 0 aliphatic heterocycles. The molecule has 0 saturated carbocycles. The van der Waals surface area contributed by atoms with Crippen LogP contribution < -0.4 is 10.1 Å². The second-order valence-electron chi connectivity index (χ2n) is 4.76. The van der Waals surface area contributed by atoms with Crippen molar-refractivity contribution in [2.45, 2.75) is 20.3 Å². The largest absolute Gasteiger partial charge is 0.483 e. The molecule has 1 N–H and O–H groups in total. The number of rotatable bonds is 5. The summed E-state index contributed by atoms with van der Waals surface area (Å²) in [5.74, 6) is 0.593. The van der Waals surface area contributed by atoms with Gasteiger partial charge in [0.05, 0.1) is 0 Å². The molecule has 1 amide bonds. The van der Waals surface area contributed by atoms with Crippen LogP contribution in [-0.2, 0) is 11.2 Å². The van der Waals surface area contributed by atoms with E-state index in [9.17, 15) is 4.79 Å². The number of hydrogen-bond acceptors (Lipinski definition) is 2. The third kappa shape index (κ3) is 4.33. The minimum atomic E-state index is -0.158. The molecule has 0 unspecified atom stereocenters. The van der Waals surface area contributed by atoms with Crippen molar-refractivity contribution in [1.82, 2.24) is 0 Å². The molecule has 4 heteroatoms. The van der Waals surface area contributed by atoms with E-state index in [0.29, 0.717) is 0 Å². The van der Waals surface area contributed by atoms with Gasteiger partial charge in [-0.2, -0.15) is 0 Å². The van der Waals surface area contributed by atoms with Crippen molar-refractivity contribution in [1.29, 1.82) is 0 Å². The zero-order chi connectivity index (χ0) is 15.2. The lowest BCUT2D eigenvalue weighted by molar-refractivity contribution is -0.118. The fraction of sp³-hybridized carbons (Fsp3) is 0.235. The van der Waals surface area contributed by atoms with Gasteiger partial charge >= 0.3 is 0 Å². The van der Waals surface area contributed by atoms with E-state index in [1.807, 2.05) is 49.4 Å². The molecule has 110 valence electrons.